The van der Waals surface area contributed by atoms with Crippen LogP contribution in [0.2, 0.25) is 0 Å². The Hall–Kier alpha value is -2.88. The number of rotatable bonds is 5. The summed E-state index contributed by atoms with van der Waals surface area (Å²) in [5.41, 5.74) is -3.27. The lowest BCUT2D eigenvalue weighted by atomic mass is 9.77. The normalized spacial score (nSPS) is 11.0. The van der Waals surface area contributed by atoms with Crippen LogP contribution in [0.1, 0.15) is 11.1 Å². The summed E-state index contributed by atoms with van der Waals surface area (Å²) in [5.74, 6) is -5.04. The van der Waals surface area contributed by atoms with Crippen LogP contribution in [0.25, 0.3) is 0 Å². The van der Waals surface area contributed by atoms with Gasteiger partial charge in [0.05, 0.1) is 13.2 Å². The number of hydrogen-bond donors (Lipinski definition) is 0. The molecule has 0 saturated carbocycles. The maximum absolute atomic E-state index is 13.9. The lowest BCUT2D eigenvalue weighted by Crippen LogP contribution is -2.36. The Kier molecular flexibility index (Phi) is 5.42. The molecule has 0 amide bonds. The molecule has 7 heteroatoms. The smallest absolute Gasteiger partial charge is 0.326 e. The molecule has 0 spiro atoms. The monoisotopic (exact) mass is 351 g/mol. The zero-order chi connectivity index (χ0) is 18.6. The van der Waals surface area contributed by atoms with E-state index in [2.05, 4.69) is 4.74 Å². The molecule has 0 saturated heterocycles. The minimum atomic E-state index is -2.19. The molecule has 25 heavy (non-hydrogen) atoms. The number of nitrogens with zero attached hydrogens (tertiary/aromatic N) is 1. The molecule has 0 heterocycles. The average Bonchev–Trinajstić information content (AvgIpc) is 2.59. The van der Waals surface area contributed by atoms with Crippen LogP contribution in [-0.2, 0) is 22.4 Å². The van der Waals surface area contributed by atoms with Crippen molar-refractivity contribution < 1.29 is 27.1 Å². The van der Waals surface area contributed by atoms with Crippen LogP contribution in [0.5, 0.6) is 0 Å². The predicted octanol–water partition coefficient (Wildman–Crippen LogP) is 3.71. The summed E-state index contributed by atoms with van der Waals surface area (Å²) in [5, 5.41) is 9.52. The molecule has 130 valence electrons. The highest BCUT2D eigenvalue weighted by Gasteiger charge is 2.43. The van der Waals surface area contributed by atoms with Crippen LogP contribution in [-0.4, -0.2) is 13.1 Å². The molecule has 0 radical (unpaired) electrons. The van der Waals surface area contributed by atoms with Gasteiger partial charge < -0.3 is 4.74 Å². The highest BCUT2D eigenvalue weighted by molar-refractivity contribution is 5.81. The van der Waals surface area contributed by atoms with Gasteiger partial charge in [-0.05, 0) is 24.3 Å². The van der Waals surface area contributed by atoms with E-state index >= 15 is 0 Å². The van der Waals surface area contributed by atoms with Gasteiger partial charge in [-0.25, -0.2) is 17.6 Å². The van der Waals surface area contributed by atoms with E-state index in [1.165, 1.54) is 0 Å². The van der Waals surface area contributed by atoms with Crippen molar-refractivity contribution in [2.24, 2.45) is 5.41 Å². The number of benzene rings is 2. The molecular weight excluding hydrogens is 338 g/mol. The van der Waals surface area contributed by atoms with Crippen molar-refractivity contribution in [2.45, 2.75) is 12.8 Å². The van der Waals surface area contributed by atoms with Gasteiger partial charge in [-0.1, -0.05) is 12.1 Å². The molecule has 3 nitrogen and oxygen atoms in total. The van der Waals surface area contributed by atoms with E-state index in [0.29, 0.717) is 0 Å². The van der Waals surface area contributed by atoms with Gasteiger partial charge in [-0.2, -0.15) is 5.26 Å². The minimum Gasteiger partial charge on any atom is -0.468 e. The first-order valence-electron chi connectivity index (χ1n) is 7.20. The zero-order valence-corrected chi connectivity index (χ0v) is 13.2. The first-order valence-corrected chi connectivity index (χ1v) is 7.20. The highest BCUT2D eigenvalue weighted by atomic mass is 19.1. The maximum atomic E-state index is 13.9. The summed E-state index contributed by atoms with van der Waals surface area (Å²) in [7, 11) is 0.976. The van der Waals surface area contributed by atoms with Crippen molar-refractivity contribution in [1.29, 1.82) is 5.26 Å². The van der Waals surface area contributed by atoms with Gasteiger partial charge >= 0.3 is 5.97 Å². The number of ether oxygens (including phenoxy) is 1. The molecule has 0 atom stereocenters. The molecule has 0 aliphatic heterocycles. The third kappa shape index (κ3) is 3.63. The Morgan fingerprint density at radius 1 is 0.960 bits per heavy atom. The topological polar surface area (TPSA) is 50.1 Å². The van der Waals surface area contributed by atoms with Crippen molar-refractivity contribution in [2.75, 3.05) is 7.11 Å². The molecule has 0 unspecified atom stereocenters. The van der Waals surface area contributed by atoms with Crippen LogP contribution in [0.4, 0.5) is 17.6 Å². The zero-order valence-electron chi connectivity index (χ0n) is 13.2. The van der Waals surface area contributed by atoms with Gasteiger partial charge in [-0.3, -0.25) is 4.79 Å². The van der Waals surface area contributed by atoms with Gasteiger partial charge in [-0.15, -0.1) is 0 Å². The van der Waals surface area contributed by atoms with Crippen LogP contribution in [0.3, 0.4) is 0 Å². The fourth-order valence-corrected chi connectivity index (χ4v) is 2.53. The molecule has 2 aromatic rings. The molecule has 2 rings (SSSR count). The van der Waals surface area contributed by atoms with E-state index in [1.807, 2.05) is 0 Å². The summed E-state index contributed by atoms with van der Waals surface area (Å²) in [4.78, 5) is 12.2. The Morgan fingerprint density at radius 2 is 1.32 bits per heavy atom. The molecule has 0 fully saturated rings. The summed E-state index contributed by atoms with van der Waals surface area (Å²) in [6.07, 6.45) is -1.47. The molecule has 0 aliphatic rings. The second kappa shape index (κ2) is 7.34. The van der Waals surface area contributed by atoms with E-state index in [-0.39, 0.29) is 0 Å². The number of carbonyl (C=O) groups excluding carboxylic acids is 1. The largest absolute Gasteiger partial charge is 0.468 e. The van der Waals surface area contributed by atoms with Crippen LogP contribution in [0.15, 0.2) is 36.4 Å². The summed E-state index contributed by atoms with van der Waals surface area (Å²) < 4.78 is 60.3. The van der Waals surface area contributed by atoms with Crippen molar-refractivity contribution in [3.8, 4) is 6.07 Å². The van der Waals surface area contributed by atoms with Crippen molar-refractivity contribution in [1.82, 2.24) is 0 Å². The van der Waals surface area contributed by atoms with Crippen molar-refractivity contribution >= 4 is 5.97 Å². The number of carbonyl (C=O) groups is 1. The Labute approximate surface area is 141 Å². The third-order valence-electron chi connectivity index (χ3n) is 3.87. The van der Waals surface area contributed by atoms with Crippen molar-refractivity contribution in [3.63, 3.8) is 0 Å². The van der Waals surface area contributed by atoms with Gasteiger partial charge in [0.2, 0.25) is 0 Å². The first kappa shape index (κ1) is 18.5. The number of hydrogen-bond acceptors (Lipinski definition) is 3. The number of halogens is 4. The summed E-state index contributed by atoms with van der Waals surface area (Å²) in [6, 6.07) is 7.71. The van der Waals surface area contributed by atoms with E-state index in [1.54, 1.807) is 6.07 Å². The number of esters is 1. The van der Waals surface area contributed by atoms with Crippen LogP contribution in [0, 0.1) is 40.0 Å². The van der Waals surface area contributed by atoms with Crippen molar-refractivity contribution in [3.05, 3.63) is 70.8 Å². The van der Waals surface area contributed by atoms with Gasteiger partial charge in [0.25, 0.3) is 0 Å². The number of methoxy groups -OCH3 is 1. The number of nitriles is 1. The summed E-state index contributed by atoms with van der Waals surface area (Å²) >= 11 is 0. The third-order valence-corrected chi connectivity index (χ3v) is 3.87. The van der Waals surface area contributed by atoms with E-state index < -0.39 is 58.6 Å². The first-order chi connectivity index (χ1) is 11.8. The Balaban J connectivity index is 2.56. The molecule has 0 N–H and O–H groups in total. The highest BCUT2D eigenvalue weighted by Crippen LogP contribution is 2.32. The Morgan fingerprint density at radius 3 is 1.60 bits per heavy atom. The standard InChI is InChI=1S/C18H13F4NO2/c1-25-17(24)18(10-23,8-11-13(19)4-2-5-14(11)20)9-12-15(21)6-3-7-16(12)22/h2-7H,8-9H2,1H3. The van der Waals surface area contributed by atoms with E-state index in [9.17, 15) is 27.6 Å². The maximum Gasteiger partial charge on any atom is 0.326 e. The van der Waals surface area contributed by atoms with Gasteiger partial charge in [0.1, 0.15) is 23.3 Å². The predicted molar refractivity (Wildman–Crippen MR) is 80.2 cm³/mol. The van der Waals surface area contributed by atoms with Crippen LogP contribution >= 0.6 is 0 Å². The fraction of sp³-hybridized carbons (Fsp3) is 0.222. The lowest BCUT2D eigenvalue weighted by molar-refractivity contribution is -0.149. The van der Waals surface area contributed by atoms with Gasteiger partial charge in [0, 0.05) is 24.0 Å². The fourth-order valence-electron chi connectivity index (χ4n) is 2.53. The van der Waals surface area contributed by atoms with E-state index in [0.717, 1.165) is 43.5 Å². The second-order valence-corrected chi connectivity index (χ2v) is 5.44. The van der Waals surface area contributed by atoms with E-state index in [4.69, 9.17) is 0 Å². The Bertz CT molecular complexity index is 751. The lowest BCUT2D eigenvalue weighted by Gasteiger charge is -2.24. The van der Waals surface area contributed by atoms with Crippen LogP contribution < -0.4 is 0 Å². The minimum absolute atomic E-state index is 0.536. The SMILES string of the molecule is COC(=O)C(C#N)(Cc1c(F)cccc1F)Cc1c(F)cccc1F. The average molecular weight is 351 g/mol. The molecule has 0 aromatic heterocycles. The van der Waals surface area contributed by atoms with Gasteiger partial charge in [0.15, 0.2) is 5.41 Å². The second-order valence-electron chi connectivity index (χ2n) is 5.44. The molecule has 2 aromatic carbocycles. The molecular formula is C18H13F4NO2. The molecule has 0 bridgehead atoms. The molecule has 0 aliphatic carbocycles. The summed E-state index contributed by atoms with van der Waals surface area (Å²) in [6.45, 7) is 0. The quantitative estimate of drug-likeness (QED) is 0.609.